The molecule has 148 valence electrons. The fourth-order valence-electron chi connectivity index (χ4n) is 2.42. The number of hydrogen-bond donors (Lipinski definition) is 1. The molecule has 2 atom stereocenters. The van der Waals surface area contributed by atoms with Crippen LogP contribution in [0, 0.1) is 17.2 Å². The molecule has 2 rings (SSSR count). The predicted molar refractivity (Wildman–Crippen MR) is 114 cm³/mol. The maximum absolute atomic E-state index is 12.9. The van der Waals surface area contributed by atoms with Crippen molar-refractivity contribution >= 4 is 40.2 Å². The first-order valence-corrected chi connectivity index (χ1v) is 10.1. The molecule has 1 amide bonds. The summed E-state index contributed by atoms with van der Waals surface area (Å²) in [5.41, 5.74) is -0.708. The first-order valence-electron chi connectivity index (χ1n) is 8.84. The topological polar surface area (TPSA) is 87.8 Å². The van der Waals surface area contributed by atoms with Crippen LogP contribution < -0.4 is 10.9 Å². The molecule has 0 bridgehead atoms. The molecule has 0 spiro atoms. The maximum atomic E-state index is 12.9. The van der Waals surface area contributed by atoms with Crippen LogP contribution in [0.1, 0.15) is 27.7 Å². The smallest absolute Gasteiger partial charge is 0.262 e. The van der Waals surface area contributed by atoms with Gasteiger partial charge in [-0.3, -0.25) is 14.2 Å². The summed E-state index contributed by atoms with van der Waals surface area (Å²) in [4.78, 5) is 30.1. The van der Waals surface area contributed by atoms with Crippen LogP contribution in [0.3, 0.4) is 0 Å². The normalized spacial score (nSPS) is 14.3. The van der Waals surface area contributed by atoms with Gasteiger partial charge in [0.25, 0.3) is 5.56 Å². The summed E-state index contributed by atoms with van der Waals surface area (Å²) >= 11 is 7.17. The van der Waals surface area contributed by atoms with Crippen LogP contribution >= 0.6 is 23.4 Å². The van der Waals surface area contributed by atoms with Crippen LogP contribution in [0.25, 0.3) is 10.9 Å². The lowest BCUT2D eigenvalue weighted by atomic mass is 9.90. The number of nitriles is 1. The molecule has 1 heterocycles. The Morgan fingerprint density at radius 1 is 1.50 bits per heavy atom. The Balaban J connectivity index is 2.39. The van der Waals surface area contributed by atoms with Crippen LogP contribution in [-0.4, -0.2) is 26.2 Å². The molecule has 0 fully saturated rings. The summed E-state index contributed by atoms with van der Waals surface area (Å²) < 4.78 is 1.46. The van der Waals surface area contributed by atoms with Gasteiger partial charge >= 0.3 is 0 Å². The van der Waals surface area contributed by atoms with E-state index in [1.807, 2.05) is 13.8 Å². The minimum absolute atomic E-state index is 0.0545. The van der Waals surface area contributed by atoms with Crippen molar-refractivity contribution in [1.82, 2.24) is 14.9 Å². The fraction of sp³-hybridized carbons (Fsp3) is 0.400. The van der Waals surface area contributed by atoms with E-state index in [1.54, 1.807) is 38.1 Å². The molecule has 0 radical (unpaired) electrons. The Labute approximate surface area is 173 Å². The Kier molecular flexibility index (Phi) is 6.91. The summed E-state index contributed by atoms with van der Waals surface area (Å²) in [6, 6.07) is 7.09. The van der Waals surface area contributed by atoms with Crippen molar-refractivity contribution in [2.75, 3.05) is 0 Å². The molecule has 8 heteroatoms. The summed E-state index contributed by atoms with van der Waals surface area (Å²) in [6.07, 6.45) is 1.60. The van der Waals surface area contributed by atoms with E-state index in [9.17, 15) is 14.9 Å². The van der Waals surface area contributed by atoms with Gasteiger partial charge in [0, 0.05) is 11.6 Å². The molecular weight excluding hydrogens is 396 g/mol. The van der Waals surface area contributed by atoms with E-state index in [2.05, 4.69) is 22.9 Å². The number of allylic oxidation sites excluding steroid dienone is 1. The van der Waals surface area contributed by atoms with Gasteiger partial charge in [0.05, 0.1) is 22.2 Å². The van der Waals surface area contributed by atoms with Crippen molar-refractivity contribution in [2.45, 2.75) is 50.2 Å². The Hall–Kier alpha value is -2.30. The van der Waals surface area contributed by atoms with E-state index < -0.39 is 10.8 Å². The number of rotatable bonds is 7. The van der Waals surface area contributed by atoms with Crippen molar-refractivity contribution in [3.05, 3.63) is 46.2 Å². The largest absolute Gasteiger partial charge is 0.337 e. The van der Waals surface area contributed by atoms with Crippen LogP contribution in [0.5, 0.6) is 0 Å². The monoisotopic (exact) mass is 418 g/mol. The zero-order valence-corrected chi connectivity index (χ0v) is 17.9. The summed E-state index contributed by atoms with van der Waals surface area (Å²) in [6.45, 7) is 11.1. The van der Waals surface area contributed by atoms with Crippen LogP contribution in [0.2, 0.25) is 5.02 Å². The summed E-state index contributed by atoms with van der Waals surface area (Å²) in [5.74, 6) is -0.348. The van der Waals surface area contributed by atoms with Crippen molar-refractivity contribution in [1.29, 1.82) is 5.26 Å². The minimum atomic E-state index is -0.972. The van der Waals surface area contributed by atoms with Crippen LogP contribution in [0.15, 0.2) is 40.8 Å². The molecule has 0 saturated heterocycles. The molecule has 0 aliphatic carbocycles. The van der Waals surface area contributed by atoms with Crippen molar-refractivity contribution in [3.8, 4) is 6.07 Å². The quantitative estimate of drug-likeness (QED) is 0.420. The van der Waals surface area contributed by atoms with Crippen LogP contribution in [0.4, 0.5) is 0 Å². The standard InChI is InChI=1S/C20H23ClN4O2S/c1-6-9-25-18(27)15-10-14(21)7-8-16(15)23-19(25)28-13(4)17(26)24-20(5,11-22)12(2)3/h6-8,10,12-13H,1,9H2,2-5H3,(H,24,26)/t13-,20-/m0/s1. The van der Waals surface area contributed by atoms with E-state index in [1.165, 1.54) is 4.57 Å². The highest BCUT2D eigenvalue weighted by atomic mass is 35.5. The first kappa shape index (κ1) is 22.0. The van der Waals surface area contributed by atoms with E-state index >= 15 is 0 Å². The number of carbonyl (C=O) groups is 1. The SMILES string of the molecule is C=CCn1c(S[C@@H](C)C(=O)N[C@@](C)(C#N)C(C)C)nc2ccc(Cl)cc2c1=O. The molecule has 6 nitrogen and oxygen atoms in total. The Morgan fingerprint density at radius 2 is 2.18 bits per heavy atom. The summed E-state index contributed by atoms with van der Waals surface area (Å²) in [7, 11) is 0. The van der Waals surface area contributed by atoms with E-state index in [0.29, 0.717) is 21.1 Å². The first-order chi connectivity index (χ1) is 13.1. The number of nitrogens with one attached hydrogen (secondary N) is 1. The van der Waals surface area contributed by atoms with Crippen molar-refractivity contribution < 1.29 is 4.79 Å². The number of halogens is 1. The van der Waals surface area contributed by atoms with Gasteiger partial charge in [-0.15, -0.1) is 6.58 Å². The second-order valence-corrected chi connectivity index (χ2v) is 8.72. The molecule has 2 aromatic rings. The second kappa shape index (κ2) is 8.80. The van der Waals surface area contributed by atoms with Crippen molar-refractivity contribution in [3.63, 3.8) is 0 Å². The predicted octanol–water partition coefficient (Wildman–Crippen LogP) is 3.77. The lowest BCUT2D eigenvalue weighted by Gasteiger charge is -2.28. The molecule has 0 aliphatic rings. The molecule has 1 N–H and O–H groups in total. The molecular formula is C20H23ClN4O2S. The van der Waals surface area contributed by atoms with Crippen LogP contribution in [-0.2, 0) is 11.3 Å². The average Bonchev–Trinajstić information content (AvgIpc) is 2.65. The van der Waals surface area contributed by atoms with Gasteiger partial charge < -0.3 is 5.32 Å². The number of amides is 1. The minimum Gasteiger partial charge on any atom is -0.337 e. The second-order valence-electron chi connectivity index (χ2n) is 6.98. The van der Waals surface area contributed by atoms with Gasteiger partial charge in [0.1, 0.15) is 5.54 Å². The number of nitrogens with zero attached hydrogens (tertiary/aromatic N) is 3. The number of aromatic nitrogens is 2. The number of hydrogen-bond acceptors (Lipinski definition) is 5. The third-order valence-electron chi connectivity index (χ3n) is 4.61. The van der Waals surface area contributed by atoms with Gasteiger partial charge in [0.15, 0.2) is 5.16 Å². The molecule has 1 aromatic heterocycles. The molecule has 0 saturated carbocycles. The Bertz CT molecular complexity index is 1010. The highest BCUT2D eigenvalue weighted by Crippen LogP contribution is 2.25. The number of fused-ring (bicyclic) bond motifs is 1. The van der Waals surface area contributed by atoms with E-state index in [0.717, 1.165) is 11.8 Å². The number of benzene rings is 1. The van der Waals surface area contributed by atoms with E-state index in [4.69, 9.17) is 11.6 Å². The lowest BCUT2D eigenvalue weighted by Crippen LogP contribution is -2.51. The third kappa shape index (κ3) is 4.57. The average molecular weight is 419 g/mol. The van der Waals surface area contributed by atoms with Crippen molar-refractivity contribution in [2.24, 2.45) is 5.92 Å². The number of thioether (sulfide) groups is 1. The summed E-state index contributed by atoms with van der Waals surface area (Å²) in [5, 5.41) is 12.9. The Morgan fingerprint density at radius 3 is 2.75 bits per heavy atom. The van der Waals surface area contributed by atoms with Gasteiger partial charge in [-0.25, -0.2) is 4.98 Å². The molecule has 0 aliphatic heterocycles. The van der Waals surface area contributed by atoms with E-state index in [-0.39, 0.29) is 23.9 Å². The lowest BCUT2D eigenvalue weighted by molar-refractivity contribution is -0.121. The molecule has 1 aromatic carbocycles. The van der Waals surface area contributed by atoms with Gasteiger partial charge in [-0.05, 0) is 38.0 Å². The number of carbonyl (C=O) groups excluding carboxylic acids is 1. The maximum Gasteiger partial charge on any atom is 0.262 e. The highest BCUT2D eigenvalue weighted by Gasteiger charge is 2.32. The van der Waals surface area contributed by atoms with Gasteiger partial charge in [-0.1, -0.05) is 43.3 Å². The molecule has 0 unspecified atom stereocenters. The van der Waals surface area contributed by atoms with Gasteiger partial charge in [0.2, 0.25) is 5.91 Å². The fourth-order valence-corrected chi connectivity index (χ4v) is 3.51. The van der Waals surface area contributed by atoms with Gasteiger partial charge in [-0.2, -0.15) is 5.26 Å². The highest BCUT2D eigenvalue weighted by molar-refractivity contribution is 8.00. The molecule has 28 heavy (non-hydrogen) atoms. The third-order valence-corrected chi connectivity index (χ3v) is 5.94. The zero-order valence-electron chi connectivity index (χ0n) is 16.3. The zero-order chi connectivity index (χ0) is 21.1.